The molecule has 40 heavy (non-hydrogen) atoms. The van der Waals surface area contributed by atoms with E-state index in [1.54, 1.807) is 6.08 Å². The van der Waals surface area contributed by atoms with Gasteiger partial charge in [-0.15, -0.1) is 0 Å². The molecule has 0 heterocycles. The maximum atomic E-state index is 13.6. The second-order valence-electron chi connectivity index (χ2n) is 12.4. The number of ketones is 1. The van der Waals surface area contributed by atoms with Crippen molar-refractivity contribution in [2.24, 2.45) is 23.2 Å². The fourth-order valence-corrected chi connectivity index (χ4v) is 9.49. The zero-order valence-electron chi connectivity index (χ0n) is 25.4. The molecule has 3 rings (SSSR count). The van der Waals surface area contributed by atoms with Crippen LogP contribution in [-0.4, -0.2) is 47.1 Å². The molecule has 2 unspecified atom stereocenters. The highest BCUT2D eigenvalue weighted by atomic mass is 31.2. The van der Waals surface area contributed by atoms with Crippen molar-refractivity contribution in [3.05, 3.63) is 47.6 Å². The van der Waals surface area contributed by atoms with E-state index in [2.05, 4.69) is 32.6 Å². The first-order valence-corrected chi connectivity index (χ1v) is 17.2. The molecule has 0 radical (unpaired) electrons. The van der Waals surface area contributed by atoms with Crippen LogP contribution in [0.25, 0.3) is 0 Å². The Kier molecular flexibility index (Phi) is 12.2. The van der Waals surface area contributed by atoms with Crippen LogP contribution in [0.2, 0.25) is 0 Å². The molecule has 2 N–H and O–H groups in total. The van der Waals surface area contributed by atoms with Gasteiger partial charge < -0.3 is 19.3 Å². The number of allylic oxidation sites excluding steroid dienone is 5. The highest BCUT2D eigenvalue weighted by Crippen LogP contribution is 2.60. The summed E-state index contributed by atoms with van der Waals surface area (Å²) in [6.07, 6.45) is 15.1. The van der Waals surface area contributed by atoms with E-state index in [4.69, 9.17) is 9.05 Å². The third-order valence-electron chi connectivity index (χ3n) is 9.55. The van der Waals surface area contributed by atoms with E-state index < -0.39 is 25.5 Å². The Morgan fingerprint density at radius 3 is 2.45 bits per heavy atom. The normalized spacial score (nSPS) is 33.0. The minimum atomic E-state index is -3.53. The number of aliphatic hydroxyl groups excluding tert-OH is 2. The van der Waals surface area contributed by atoms with Crippen molar-refractivity contribution in [2.45, 2.75) is 117 Å². The Labute approximate surface area is 242 Å². The average molecular weight is 577 g/mol. The molecule has 0 aromatic heterocycles. The van der Waals surface area contributed by atoms with Gasteiger partial charge in [-0.2, -0.15) is 0 Å². The van der Waals surface area contributed by atoms with Crippen LogP contribution in [0, 0.1) is 23.2 Å². The third kappa shape index (κ3) is 7.55. The highest BCUT2D eigenvalue weighted by molar-refractivity contribution is 7.55. The van der Waals surface area contributed by atoms with Crippen LogP contribution < -0.4 is 0 Å². The first-order valence-electron chi connectivity index (χ1n) is 15.6. The summed E-state index contributed by atoms with van der Waals surface area (Å²) in [6, 6.07) is 0. The van der Waals surface area contributed by atoms with Crippen molar-refractivity contribution in [1.29, 1.82) is 0 Å². The summed E-state index contributed by atoms with van der Waals surface area (Å²) in [4.78, 5) is 13.3. The summed E-state index contributed by atoms with van der Waals surface area (Å²) in [6.45, 7) is 15.1. The molecule has 226 valence electrons. The minimum absolute atomic E-state index is 0.145. The molecule has 3 aliphatic carbocycles. The zero-order chi connectivity index (χ0) is 29.5. The van der Waals surface area contributed by atoms with Gasteiger partial charge in [0.1, 0.15) is 5.66 Å². The van der Waals surface area contributed by atoms with Gasteiger partial charge in [0.25, 0.3) is 0 Å². The topological polar surface area (TPSA) is 93.1 Å². The summed E-state index contributed by atoms with van der Waals surface area (Å²) < 4.78 is 24.9. The monoisotopic (exact) mass is 576 g/mol. The molecule has 0 aromatic carbocycles. The van der Waals surface area contributed by atoms with Gasteiger partial charge in [0, 0.05) is 6.42 Å². The lowest BCUT2D eigenvalue weighted by atomic mass is 9.61. The smallest absolute Gasteiger partial charge is 0.341 e. The van der Waals surface area contributed by atoms with Crippen molar-refractivity contribution in [2.75, 3.05) is 13.2 Å². The average Bonchev–Trinajstić information content (AvgIpc) is 3.28. The summed E-state index contributed by atoms with van der Waals surface area (Å²) in [5.74, 6) is 0.975. The maximum Gasteiger partial charge on any atom is 0.341 e. The largest absolute Gasteiger partial charge is 0.393 e. The van der Waals surface area contributed by atoms with E-state index in [1.165, 1.54) is 5.57 Å². The van der Waals surface area contributed by atoms with Crippen LogP contribution in [0.5, 0.6) is 0 Å². The van der Waals surface area contributed by atoms with Gasteiger partial charge in [0.15, 0.2) is 5.78 Å². The van der Waals surface area contributed by atoms with Crippen LogP contribution in [0.3, 0.4) is 0 Å². The maximum absolute atomic E-state index is 13.6. The van der Waals surface area contributed by atoms with Crippen LogP contribution in [0.15, 0.2) is 47.6 Å². The van der Waals surface area contributed by atoms with Gasteiger partial charge in [0.05, 0.1) is 25.4 Å². The van der Waals surface area contributed by atoms with Gasteiger partial charge >= 0.3 is 7.60 Å². The van der Waals surface area contributed by atoms with Crippen molar-refractivity contribution in [3.8, 4) is 0 Å². The van der Waals surface area contributed by atoms with Gasteiger partial charge in [-0.3, -0.25) is 9.36 Å². The van der Waals surface area contributed by atoms with E-state index in [0.29, 0.717) is 57.2 Å². The molecule has 7 atom stereocenters. The number of fused-ring (bicyclic) bond motifs is 1. The Balaban J connectivity index is 1.74. The SMILES string of the molecule is C=C1C(=CC=C2CCC[C@@]3(C)C2CC[C@@H]3[C@H](C)C=CC(=O)C(CC)P(=O)(OCCC)OCCC)C[C@@H](O)C[C@@H]1O. The molecule has 3 saturated carbocycles. The molecule has 0 spiro atoms. The molecule has 6 nitrogen and oxygen atoms in total. The predicted molar refractivity (Wildman–Crippen MR) is 162 cm³/mol. The lowest BCUT2D eigenvalue weighted by molar-refractivity contribution is -0.114. The molecule has 0 saturated heterocycles. The summed E-state index contributed by atoms with van der Waals surface area (Å²) in [5.41, 5.74) is 2.50. The predicted octanol–water partition coefficient (Wildman–Crippen LogP) is 7.71. The first kappa shape index (κ1) is 33.2. The van der Waals surface area contributed by atoms with Crippen LogP contribution in [-0.2, 0) is 18.4 Å². The van der Waals surface area contributed by atoms with Crippen molar-refractivity contribution >= 4 is 13.4 Å². The van der Waals surface area contributed by atoms with Gasteiger partial charge in [0.2, 0.25) is 0 Å². The standard InChI is InChI=1S/C33H53O6P/c1-7-19-38-40(37,39-20-8-2)32(9-3)30(35)17-12-23(4)28-15-16-29-25(11-10-18-33(28,29)6)13-14-26-21-27(34)22-31(36)24(26)5/h12-14,17,23,27-29,31-32,34,36H,5,7-11,15-16,18-22H2,1-4,6H3/t23-,27-,28-,29?,31+,32?,33-/m1/s1. The summed E-state index contributed by atoms with van der Waals surface area (Å²) in [7, 11) is -3.53. The molecule has 0 bridgehead atoms. The van der Waals surface area contributed by atoms with Crippen molar-refractivity contribution in [1.82, 2.24) is 0 Å². The molecule has 7 heteroatoms. The van der Waals surface area contributed by atoms with E-state index in [-0.39, 0.29) is 17.1 Å². The van der Waals surface area contributed by atoms with Crippen LogP contribution >= 0.6 is 7.60 Å². The Morgan fingerprint density at radius 2 is 1.82 bits per heavy atom. The number of carbonyl (C=O) groups excluding carboxylic acids is 1. The van der Waals surface area contributed by atoms with E-state index in [1.807, 2.05) is 26.8 Å². The molecular formula is C33H53O6P. The summed E-state index contributed by atoms with van der Waals surface area (Å²) >= 11 is 0. The van der Waals surface area contributed by atoms with E-state index in [9.17, 15) is 19.6 Å². The minimum Gasteiger partial charge on any atom is -0.393 e. The highest BCUT2D eigenvalue weighted by Gasteiger charge is 2.50. The lowest BCUT2D eigenvalue weighted by Crippen LogP contribution is -2.35. The van der Waals surface area contributed by atoms with Crippen molar-refractivity contribution < 1.29 is 28.6 Å². The van der Waals surface area contributed by atoms with E-state index in [0.717, 1.165) is 43.3 Å². The number of aliphatic hydroxyl groups is 2. The second-order valence-corrected chi connectivity index (χ2v) is 14.6. The molecule has 3 fully saturated rings. The number of carbonyl (C=O) groups is 1. The number of hydrogen-bond acceptors (Lipinski definition) is 6. The van der Waals surface area contributed by atoms with Crippen LogP contribution in [0.4, 0.5) is 0 Å². The fourth-order valence-electron chi connectivity index (χ4n) is 7.33. The Morgan fingerprint density at radius 1 is 1.15 bits per heavy atom. The fraction of sp³-hybridized carbons (Fsp3) is 0.727. The molecular weight excluding hydrogens is 523 g/mol. The third-order valence-corrected chi connectivity index (χ3v) is 12.0. The molecule has 0 aromatic rings. The lowest BCUT2D eigenvalue weighted by Gasteiger charge is -2.44. The van der Waals surface area contributed by atoms with E-state index >= 15 is 0 Å². The summed E-state index contributed by atoms with van der Waals surface area (Å²) in [5, 5.41) is 20.4. The van der Waals surface area contributed by atoms with Gasteiger partial charge in [-0.05, 0) is 98.2 Å². The second kappa shape index (κ2) is 14.7. The van der Waals surface area contributed by atoms with Crippen molar-refractivity contribution in [3.63, 3.8) is 0 Å². The zero-order valence-corrected chi connectivity index (χ0v) is 26.3. The van der Waals surface area contributed by atoms with Crippen LogP contribution in [0.1, 0.15) is 98.8 Å². The van der Waals surface area contributed by atoms with Gasteiger partial charge in [-0.1, -0.05) is 65.0 Å². The molecule has 0 amide bonds. The number of rotatable bonds is 13. The first-order chi connectivity index (χ1) is 19.0. The molecule has 3 aliphatic rings. The Hall–Kier alpha value is -1.30. The quantitative estimate of drug-likeness (QED) is 0.172. The number of hydrogen-bond donors (Lipinski definition) is 2. The van der Waals surface area contributed by atoms with Gasteiger partial charge in [-0.25, -0.2) is 0 Å². The molecule has 0 aliphatic heterocycles. The Bertz CT molecular complexity index is 1020.